The van der Waals surface area contributed by atoms with Crippen molar-refractivity contribution in [1.29, 1.82) is 0 Å². The van der Waals surface area contributed by atoms with E-state index in [9.17, 15) is 9.90 Å². The summed E-state index contributed by atoms with van der Waals surface area (Å²) in [5.41, 5.74) is 4.40. The van der Waals surface area contributed by atoms with Gasteiger partial charge in [-0.15, -0.1) is 0 Å². The molecule has 0 unspecified atom stereocenters. The minimum atomic E-state index is -0.964. The maximum absolute atomic E-state index is 10.9. The summed E-state index contributed by atoms with van der Waals surface area (Å²) in [4.78, 5) is 14.3. The smallest absolute Gasteiger partial charge is 0.307 e. The van der Waals surface area contributed by atoms with Gasteiger partial charge in [-0.25, -0.2) is 0 Å². The number of aromatic nitrogens is 1. The van der Waals surface area contributed by atoms with Gasteiger partial charge < -0.3 is 19.9 Å². The highest BCUT2D eigenvalue weighted by molar-refractivity contribution is 6.37. The average Bonchev–Trinajstić information content (AvgIpc) is 3.01. The second-order valence-electron chi connectivity index (χ2n) is 6.94. The van der Waals surface area contributed by atoms with Crippen molar-refractivity contribution in [2.75, 3.05) is 0 Å². The summed E-state index contributed by atoms with van der Waals surface area (Å²) in [6.45, 7) is 2.01. The number of aromatic amines is 1. The predicted molar refractivity (Wildman–Crippen MR) is 118 cm³/mol. The van der Waals surface area contributed by atoms with Crippen LogP contribution in [0.2, 0.25) is 10.0 Å². The summed E-state index contributed by atoms with van der Waals surface area (Å²) >= 11 is 12.6. The maximum Gasteiger partial charge on any atom is 0.307 e. The van der Waals surface area contributed by atoms with Gasteiger partial charge in [0.05, 0.1) is 16.5 Å². The largest absolute Gasteiger partial charge is 0.508 e. The molecule has 1 heterocycles. The summed E-state index contributed by atoms with van der Waals surface area (Å²) in [5.74, 6) is 0.0790. The molecule has 0 fully saturated rings. The van der Waals surface area contributed by atoms with Crippen LogP contribution in [0, 0.1) is 6.92 Å². The molecular formula is C23H17Cl2NO4. The number of fused-ring (bicyclic) bond motifs is 1. The number of phenolic OH excluding ortho intramolecular Hbond substituents is 1. The number of carboxylic acids is 1. The highest BCUT2D eigenvalue weighted by atomic mass is 35.5. The first kappa shape index (κ1) is 20.1. The number of aromatic hydroxyl groups is 1. The highest BCUT2D eigenvalue weighted by Crippen LogP contribution is 2.39. The number of hydrogen-bond acceptors (Lipinski definition) is 3. The third-order valence-corrected chi connectivity index (χ3v) is 5.38. The zero-order valence-corrected chi connectivity index (χ0v) is 17.4. The van der Waals surface area contributed by atoms with Crippen molar-refractivity contribution in [2.24, 2.45) is 0 Å². The Morgan fingerprint density at radius 2 is 1.70 bits per heavy atom. The van der Waals surface area contributed by atoms with Crippen LogP contribution in [0.25, 0.3) is 22.2 Å². The topological polar surface area (TPSA) is 82.5 Å². The van der Waals surface area contributed by atoms with Crippen LogP contribution < -0.4 is 4.74 Å². The van der Waals surface area contributed by atoms with Crippen LogP contribution in [0.15, 0.2) is 54.6 Å². The van der Waals surface area contributed by atoms with E-state index in [1.54, 1.807) is 30.3 Å². The molecule has 0 aliphatic rings. The van der Waals surface area contributed by atoms with Gasteiger partial charge in [0, 0.05) is 16.6 Å². The highest BCUT2D eigenvalue weighted by Gasteiger charge is 2.15. The van der Waals surface area contributed by atoms with E-state index in [1.165, 1.54) is 0 Å². The number of aryl methyl sites for hydroxylation is 1. The second-order valence-corrected chi connectivity index (χ2v) is 7.75. The molecule has 0 spiro atoms. The molecule has 1 aromatic heterocycles. The van der Waals surface area contributed by atoms with Crippen molar-refractivity contribution >= 4 is 40.1 Å². The first-order chi connectivity index (χ1) is 14.3. The molecule has 0 radical (unpaired) electrons. The number of aliphatic carboxylic acids is 1. The van der Waals surface area contributed by atoms with Crippen LogP contribution >= 0.6 is 23.2 Å². The summed E-state index contributed by atoms with van der Waals surface area (Å²) in [6.07, 6.45) is -0.172. The lowest BCUT2D eigenvalue weighted by Gasteiger charge is -2.11. The fourth-order valence-corrected chi connectivity index (χ4v) is 4.00. The summed E-state index contributed by atoms with van der Waals surface area (Å²) in [6, 6.07) is 15.7. The van der Waals surface area contributed by atoms with Gasteiger partial charge >= 0.3 is 5.97 Å². The van der Waals surface area contributed by atoms with E-state index >= 15 is 0 Å². The normalized spacial score (nSPS) is 11.0. The summed E-state index contributed by atoms with van der Waals surface area (Å²) in [7, 11) is 0. The number of carbonyl (C=O) groups is 1. The van der Waals surface area contributed by atoms with Crippen molar-refractivity contribution in [3.63, 3.8) is 0 Å². The number of rotatable bonds is 5. The van der Waals surface area contributed by atoms with E-state index in [-0.39, 0.29) is 28.0 Å². The minimum Gasteiger partial charge on any atom is -0.508 e. The van der Waals surface area contributed by atoms with Gasteiger partial charge in [0.2, 0.25) is 0 Å². The lowest BCUT2D eigenvalue weighted by molar-refractivity contribution is -0.136. The molecule has 0 bridgehead atoms. The number of hydrogen-bond donors (Lipinski definition) is 3. The third-order valence-electron chi connectivity index (χ3n) is 4.82. The Bertz CT molecular complexity index is 1240. The van der Waals surface area contributed by atoms with Crippen molar-refractivity contribution < 1.29 is 19.7 Å². The van der Waals surface area contributed by atoms with Gasteiger partial charge in [-0.3, -0.25) is 4.79 Å². The van der Waals surface area contributed by atoms with Crippen LogP contribution in [0.5, 0.6) is 17.2 Å². The Morgan fingerprint density at radius 3 is 2.33 bits per heavy atom. The zero-order chi connectivity index (χ0) is 21.4. The van der Waals surface area contributed by atoms with Gasteiger partial charge in [0.15, 0.2) is 5.75 Å². The molecule has 0 saturated carbocycles. The summed E-state index contributed by atoms with van der Waals surface area (Å²) < 4.78 is 5.94. The van der Waals surface area contributed by atoms with E-state index in [0.717, 1.165) is 27.7 Å². The average molecular weight is 442 g/mol. The van der Waals surface area contributed by atoms with E-state index in [4.69, 9.17) is 33.0 Å². The molecule has 4 rings (SSSR count). The van der Waals surface area contributed by atoms with Crippen LogP contribution in [-0.4, -0.2) is 21.2 Å². The quantitative estimate of drug-likeness (QED) is 0.326. The van der Waals surface area contributed by atoms with E-state index in [0.29, 0.717) is 11.3 Å². The number of phenols is 1. The molecule has 0 amide bonds. The second kappa shape index (κ2) is 7.94. The predicted octanol–water partition coefficient (Wildman–Crippen LogP) is 6.58. The molecule has 0 aliphatic carbocycles. The van der Waals surface area contributed by atoms with Crippen LogP contribution in [0.1, 0.15) is 11.1 Å². The number of benzene rings is 3. The van der Waals surface area contributed by atoms with E-state index in [2.05, 4.69) is 4.98 Å². The first-order valence-corrected chi connectivity index (χ1v) is 9.86. The lowest BCUT2D eigenvalue weighted by Crippen LogP contribution is -2.00. The monoisotopic (exact) mass is 441 g/mol. The number of halogens is 2. The fraction of sp³-hybridized carbons (Fsp3) is 0.0870. The van der Waals surface area contributed by atoms with Gasteiger partial charge in [0.25, 0.3) is 0 Å². The SMILES string of the molecule is Cc1c(-c2ccc(O)cc2)[nH]c2ccc(Oc3c(Cl)cc(CC(=O)O)cc3Cl)cc12. The number of carboxylic acid groups (broad SMARTS) is 1. The Balaban J connectivity index is 1.68. The molecule has 0 aliphatic heterocycles. The van der Waals surface area contributed by atoms with Gasteiger partial charge in [0.1, 0.15) is 11.5 Å². The Morgan fingerprint density at radius 1 is 1.03 bits per heavy atom. The molecule has 152 valence electrons. The lowest BCUT2D eigenvalue weighted by atomic mass is 10.1. The Labute approximate surface area is 182 Å². The molecule has 30 heavy (non-hydrogen) atoms. The maximum atomic E-state index is 10.9. The number of ether oxygens (including phenoxy) is 1. The summed E-state index contributed by atoms with van der Waals surface area (Å²) in [5, 5.41) is 19.9. The van der Waals surface area contributed by atoms with Crippen molar-refractivity contribution in [3.05, 3.63) is 75.8 Å². The van der Waals surface area contributed by atoms with Crippen molar-refractivity contribution in [3.8, 4) is 28.5 Å². The third kappa shape index (κ3) is 3.95. The zero-order valence-electron chi connectivity index (χ0n) is 15.9. The Kier molecular flexibility index (Phi) is 5.33. The Hall–Kier alpha value is -3.15. The molecule has 7 heteroatoms. The van der Waals surface area contributed by atoms with E-state index < -0.39 is 5.97 Å². The van der Waals surface area contributed by atoms with Crippen molar-refractivity contribution in [2.45, 2.75) is 13.3 Å². The van der Waals surface area contributed by atoms with Gasteiger partial charge in [-0.2, -0.15) is 0 Å². The van der Waals surface area contributed by atoms with E-state index in [1.807, 2.05) is 31.2 Å². The van der Waals surface area contributed by atoms with Gasteiger partial charge in [-0.1, -0.05) is 23.2 Å². The molecule has 3 aromatic carbocycles. The molecule has 4 aromatic rings. The molecular weight excluding hydrogens is 425 g/mol. The molecule has 0 saturated heterocycles. The van der Waals surface area contributed by atoms with Crippen molar-refractivity contribution in [1.82, 2.24) is 4.98 Å². The fourth-order valence-electron chi connectivity index (χ4n) is 3.39. The minimum absolute atomic E-state index is 0.172. The van der Waals surface area contributed by atoms with Crippen LogP contribution in [0.3, 0.4) is 0 Å². The molecule has 3 N–H and O–H groups in total. The number of nitrogens with one attached hydrogen (secondary N) is 1. The molecule has 0 atom stereocenters. The molecule has 5 nitrogen and oxygen atoms in total. The standard InChI is InChI=1S/C23H17Cl2NO4/c1-12-17-11-16(30-23-18(24)8-13(9-19(23)25)10-21(28)29)6-7-20(17)26-22(12)14-2-4-15(27)5-3-14/h2-9,11,26-27H,10H2,1H3,(H,28,29). The number of H-pyrrole nitrogens is 1. The first-order valence-electron chi connectivity index (χ1n) is 9.11. The van der Waals surface area contributed by atoms with Gasteiger partial charge in [-0.05, 0) is 78.2 Å². The van der Waals surface area contributed by atoms with Crippen LogP contribution in [-0.2, 0) is 11.2 Å². The van der Waals surface area contributed by atoms with Crippen LogP contribution in [0.4, 0.5) is 0 Å².